The molecule has 7 rings (SSSR count). The second-order valence-corrected chi connectivity index (χ2v) is 15.7. The molecule has 10 heteroatoms. The molecule has 10 nitrogen and oxygen atoms in total. The SMILES string of the molecule is C/C=C(/C)C(=O)O[C@H]1CC[C@]2(C)[C@H]3CC[C@H]4[C@@]5(O)C[C@@H](O)[C@]6(O)[C@@H](CN7C[C@H](C)CC[C@@H]7[C@@]6(C)O)[C@@]5(O)C[C@@]42O[C@]13O. The third-order valence-electron chi connectivity index (χ3n) is 14.1. The number of carbonyl (C=O) groups is 1. The Hall–Kier alpha value is -1.11. The highest BCUT2D eigenvalue weighted by Gasteiger charge is 2.88. The van der Waals surface area contributed by atoms with E-state index in [1.54, 1.807) is 26.8 Å². The summed E-state index contributed by atoms with van der Waals surface area (Å²) in [6, 6.07) is -0.387. The molecule has 0 aromatic rings. The lowest BCUT2D eigenvalue weighted by Crippen LogP contribution is -2.85. The third kappa shape index (κ3) is 3.07. The summed E-state index contributed by atoms with van der Waals surface area (Å²) in [4.78, 5) is 14.9. The van der Waals surface area contributed by atoms with Crippen LogP contribution < -0.4 is 0 Å². The normalized spacial score (nSPS) is 60.3. The summed E-state index contributed by atoms with van der Waals surface area (Å²) in [6.45, 7) is 10.1. The number of rotatable bonds is 2. The Morgan fingerprint density at radius 2 is 1.64 bits per heavy atom. The van der Waals surface area contributed by atoms with E-state index < -0.39 is 75.1 Å². The molecule has 4 saturated carbocycles. The summed E-state index contributed by atoms with van der Waals surface area (Å²) in [5, 5.41) is 73.9. The molecule has 236 valence electrons. The number of allylic oxidation sites excluding steroid dienone is 1. The van der Waals surface area contributed by atoms with Gasteiger partial charge in [-0.05, 0) is 65.2 Å². The minimum absolute atomic E-state index is 0.0606. The van der Waals surface area contributed by atoms with Crippen molar-refractivity contribution in [2.24, 2.45) is 29.1 Å². The quantitative estimate of drug-likeness (QED) is 0.202. The van der Waals surface area contributed by atoms with Crippen molar-refractivity contribution in [3.8, 4) is 0 Å². The number of aliphatic hydroxyl groups is 6. The lowest BCUT2D eigenvalue weighted by atomic mass is 9.49. The predicted molar refractivity (Wildman–Crippen MR) is 150 cm³/mol. The molecule has 0 unspecified atom stereocenters. The fourth-order valence-corrected chi connectivity index (χ4v) is 11.8. The fourth-order valence-electron chi connectivity index (χ4n) is 11.8. The molecular formula is C32H49NO9. The number of ether oxygens (including phenoxy) is 2. The van der Waals surface area contributed by atoms with E-state index in [0.29, 0.717) is 50.1 Å². The number of hydrogen-bond donors (Lipinski definition) is 6. The van der Waals surface area contributed by atoms with Gasteiger partial charge in [0.1, 0.15) is 22.4 Å². The summed E-state index contributed by atoms with van der Waals surface area (Å²) in [6.07, 6.45) is 2.30. The Kier molecular flexibility index (Phi) is 6.04. The van der Waals surface area contributed by atoms with Gasteiger partial charge < -0.3 is 40.1 Å². The van der Waals surface area contributed by atoms with Gasteiger partial charge in [-0.1, -0.05) is 19.9 Å². The summed E-state index contributed by atoms with van der Waals surface area (Å²) >= 11 is 0. The van der Waals surface area contributed by atoms with Crippen LogP contribution in [-0.4, -0.2) is 107 Å². The van der Waals surface area contributed by atoms with E-state index in [1.165, 1.54) is 0 Å². The molecule has 4 aliphatic carbocycles. The molecule has 3 heterocycles. The van der Waals surface area contributed by atoms with E-state index in [9.17, 15) is 35.4 Å². The Bertz CT molecular complexity index is 1220. The maximum Gasteiger partial charge on any atom is 0.333 e. The zero-order valence-electron chi connectivity index (χ0n) is 25.5. The molecule has 0 radical (unpaired) electrons. The van der Waals surface area contributed by atoms with Gasteiger partial charge in [0.2, 0.25) is 5.79 Å². The Labute approximate surface area is 247 Å². The van der Waals surface area contributed by atoms with E-state index >= 15 is 0 Å². The third-order valence-corrected chi connectivity index (χ3v) is 14.1. The molecule has 3 saturated heterocycles. The number of carbonyl (C=O) groups excluding carboxylic acids is 1. The van der Waals surface area contributed by atoms with Crippen LogP contribution in [0, 0.1) is 29.1 Å². The lowest BCUT2D eigenvalue weighted by Gasteiger charge is -2.68. The van der Waals surface area contributed by atoms with Crippen molar-refractivity contribution in [3.05, 3.63) is 11.6 Å². The molecule has 6 N–H and O–H groups in total. The van der Waals surface area contributed by atoms with Crippen LogP contribution in [-0.2, 0) is 14.3 Å². The summed E-state index contributed by atoms with van der Waals surface area (Å²) in [5.74, 6) is -4.05. The highest BCUT2D eigenvalue weighted by molar-refractivity contribution is 5.87. The van der Waals surface area contributed by atoms with Crippen molar-refractivity contribution in [1.82, 2.24) is 4.90 Å². The van der Waals surface area contributed by atoms with Crippen LogP contribution in [0.4, 0.5) is 0 Å². The van der Waals surface area contributed by atoms with E-state index in [-0.39, 0.29) is 25.4 Å². The van der Waals surface area contributed by atoms with Gasteiger partial charge >= 0.3 is 5.97 Å². The van der Waals surface area contributed by atoms with Crippen LogP contribution in [0.1, 0.15) is 86.0 Å². The molecule has 7 fully saturated rings. The Morgan fingerprint density at radius 1 is 0.952 bits per heavy atom. The predicted octanol–water partition coefficient (Wildman–Crippen LogP) is 0.991. The average molecular weight is 592 g/mol. The van der Waals surface area contributed by atoms with E-state index in [4.69, 9.17) is 9.47 Å². The molecule has 14 atom stereocenters. The van der Waals surface area contributed by atoms with Crippen molar-refractivity contribution in [3.63, 3.8) is 0 Å². The van der Waals surface area contributed by atoms with Crippen molar-refractivity contribution in [1.29, 1.82) is 0 Å². The number of hydrogen-bond acceptors (Lipinski definition) is 10. The standard InChI is InChI=1S/C32H49NO9/c1-6-18(3)25(35)41-24-11-12-26(4)19-8-9-20-28(37)13-23(34)31(39)21(29(28,38)16-30(20,26)42-32(19,24)40)15-33-14-17(2)7-10-22(33)27(31,5)36/h6,17,19-24,34,36-40H,7-16H2,1-5H3/b18-6-/t17-,19-,20+,21+,22-,23-,24+,26-,27-,28+,29+,30-,31-,32+/m1/s1. The van der Waals surface area contributed by atoms with Crippen LogP contribution in [0.15, 0.2) is 11.6 Å². The Morgan fingerprint density at radius 3 is 2.33 bits per heavy atom. The van der Waals surface area contributed by atoms with Gasteiger partial charge in [0.05, 0.1) is 11.7 Å². The second kappa shape index (κ2) is 8.57. The van der Waals surface area contributed by atoms with E-state index in [0.717, 1.165) is 6.42 Å². The zero-order chi connectivity index (χ0) is 30.5. The van der Waals surface area contributed by atoms with Gasteiger partial charge in [-0.3, -0.25) is 4.90 Å². The largest absolute Gasteiger partial charge is 0.453 e. The first-order valence-corrected chi connectivity index (χ1v) is 16.0. The van der Waals surface area contributed by atoms with Gasteiger partial charge in [-0.25, -0.2) is 4.79 Å². The monoisotopic (exact) mass is 591 g/mol. The van der Waals surface area contributed by atoms with Crippen molar-refractivity contribution in [2.45, 2.75) is 138 Å². The van der Waals surface area contributed by atoms with Crippen LogP contribution >= 0.6 is 0 Å². The summed E-state index contributed by atoms with van der Waals surface area (Å²) in [7, 11) is 0. The number of piperidine rings is 2. The first kappa shape index (κ1) is 29.6. The molecule has 1 spiro atoms. The van der Waals surface area contributed by atoms with E-state index in [1.807, 2.05) is 6.92 Å². The van der Waals surface area contributed by atoms with Crippen molar-refractivity contribution >= 4 is 5.97 Å². The summed E-state index contributed by atoms with van der Waals surface area (Å²) in [5.41, 5.74) is -8.96. The topological polar surface area (TPSA) is 160 Å². The number of esters is 1. The first-order valence-electron chi connectivity index (χ1n) is 16.0. The fraction of sp³-hybridized carbons (Fsp3) is 0.906. The number of aliphatic hydroxyl groups excluding tert-OH is 1. The van der Waals surface area contributed by atoms with E-state index in [2.05, 4.69) is 11.8 Å². The van der Waals surface area contributed by atoms with Crippen LogP contribution in [0.25, 0.3) is 0 Å². The maximum absolute atomic E-state index is 12.9. The van der Waals surface area contributed by atoms with Crippen LogP contribution in [0.5, 0.6) is 0 Å². The molecule has 0 aromatic carbocycles. The lowest BCUT2D eigenvalue weighted by molar-refractivity contribution is -0.354. The van der Waals surface area contributed by atoms with Gasteiger partial charge in [0.25, 0.3) is 0 Å². The van der Waals surface area contributed by atoms with Gasteiger partial charge in [0.15, 0.2) is 6.10 Å². The zero-order valence-corrected chi connectivity index (χ0v) is 25.5. The highest BCUT2D eigenvalue weighted by atomic mass is 16.7. The molecule has 3 aliphatic heterocycles. The van der Waals surface area contributed by atoms with Gasteiger partial charge in [-0.2, -0.15) is 0 Å². The van der Waals surface area contributed by atoms with Crippen LogP contribution in [0.3, 0.4) is 0 Å². The maximum atomic E-state index is 12.9. The van der Waals surface area contributed by atoms with Crippen molar-refractivity contribution < 1.29 is 44.9 Å². The smallest absolute Gasteiger partial charge is 0.333 e. The average Bonchev–Trinajstić information content (AvgIpc) is 3.09. The molecule has 0 amide bonds. The molecule has 42 heavy (non-hydrogen) atoms. The van der Waals surface area contributed by atoms with Gasteiger partial charge in [-0.15, -0.1) is 0 Å². The minimum atomic E-state index is -2.06. The first-order chi connectivity index (χ1) is 19.5. The van der Waals surface area contributed by atoms with Crippen molar-refractivity contribution in [2.75, 3.05) is 13.1 Å². The molecule has 0 aromatic heterocycles. The Balaban J connectivity index is 1.32. The van der Waals surface area contributed by atoms with Crippen LogP contribution in [0.2, 0.25) is 0 Å². The number of fused-ring (bicyclic) bond motifs is 5. The summed E-state index contributed by atoms with van der Waals surface area (Å²) < 4.78 is 12.6. The minimum Gasteiger partial charge on any atom is -0.453 e. The molecule has 4 bridgehead atoms. The molecule has 7 aliphatic rings. The highest BCUT2D eigenvalue weighted by Crippen LogP contribution is 2.78. The molecular weight excluding hydrogens is 542 g/mol. The van der Waals surface area contributed by atoms with Gasteiger partial charge in [0, 0.05) is 60.7 Å². The number of nitrogens with zero attached hydrogens (tertiary/aromatic N) is 1. The second-order valence-electron chi connectivity index (χ2n) is 15.7.